The van der Waals surface area contributed by atoms with Crippen LogP contribution >= 0.6 is 0 Å². The highest BCUT2D eigenvalue weighted by Crippen LogP contribution is 2.43. The van der Waals surface area contributed by atoms with Gasteiger partial charge in [-0.1, -0.05) is 0 Å². The summed E-state index contributed by atoms with van der Waals surface area (Å²) >= 11 is 0. The van der Waals surface area contributed by atoms with Crippen molar-refractivity contribution in [2.24, 2.45) is 0 Å². The van der Waals surface area contributed by atoms with Gasteiger partial charge in [0, 0.05) is 7.11 Å². The summed E-state index contributed by atoms with van der Waals surface area (Å²) in [5.74, 6) is -1.55. The molecule has 2 fully saturated rings. The van der Waals surface area contributed by atoms with Crippen LogP contribution in [0, 0.1) is 0 Å². The summed E-state index contributed by atoms with van der Waals surface area (Å²) in [6.45, 7) is 3.55. The first-order valence-electron chi connectivity index (χ1n) is 7.43. The van der Waals surface area contributed by atoms with Gasteiger partial charge in [-0.25, -0.2) is 0 Å². The van der Waals surface area contributed by atoms with Gasteiger partial charge in [-0.15, -0.1) is 0 Å². The molecule has 0 saturated carbocycles. The van der Waals surface area contributed by atoms with Crippen LogP contribution < -0.4 is 0 Å². The van der Waals surface area contributed by atoms with Crippen molar-refractivity contribution in [3.8, 4) is 0 Å². The van der Waals surface area contributed by atoms with Crippen molar-refractivity contribution in [3.05, 3.63) is 0 Å². The first-order chi connectivity index (χ1) is 11.3. The van der Waals surface area contributed by atoms with Gasteiger partial charge in [-0.3, -0.25) is 4.18 Å². The Morgan fingerprint density at radius 2 is 1.84 bits per heavy atom. The third kappa shape index (κ3) is 3.53. The van der Waals surface area contributed by atoms with Crippen LogP contribution in [0.2, 0.25) is 0 Å². The van der Waals surface area contributed by atoms with E-state index in [0.29, 0.717) is 0 Å². The number of alkyl halides is 3. The average molecular weight is 394 g/mol. The van der Waals surface area contributed by atoms with E-state index in [9.17, 15) is 26.7 Å². The molecule has 25 heavy (non-hydrogen) atoms. The third-order valence-corrected chi connectivity index (χ3v) is 5.69. The van der Waals surface area contributed by atoms with Crippen molar-refractivity contribution in [1.29, 1.82) is 0 Å². The van der Waals surface area contributed by atoms with Crippen molar-refractivity contribution in [3.63, 3.8) is 0 Å². The average Bonchev–Trinajstić information content (AvgIpc) is 2.51. The van der Waals surface area contributed by atoms with Gasteiger partial charge < -0.3 is 24.1 Å². The Kier molecular flexibility index (Phi) is 5.48. The lowest BCUT2D eigenvalue weighted by molar-refractivity contribution is -0.417. The summed E-state index contributed by atoms with van der Waals surface area (Å²) in [6.07, 6.45) is -4.41. The summed E-state index contributed by atoms with van der Waals surface area (Å²) in [6, 6.07) is 0. The van der Waals surface area contributed by atoms with E-state index in [4.69, 9.17) is 18.9 Å². The number of aliphatic hydroxyl groups is 1. The summed E-state index contributed by atoms with van der Waals surface area (Å²) in [7, 11) is -4.58. The van der Waals surface area contributed by atoms with Gasteiger partial charge in [-0.2, -0.15) is 21.6 Å². The molecular formula is C13H21F3O8S. The van der Waals surface area contributed by atoms with E-state index < -0.39 is 64.6 Å². The Labute approximate surface area is 143 Å². The Hall–Kier alpha value is -0.500. The van der Waals surface area contributed by atoms with E-state index >= 15 is 0 Å². The zero-order valence-corrected chi connectivity index (χ0v) is 14.9. The lowest BCUT2D eigenvalue weighted by atomic mass is 9.90. The normalized spacial score (nSPS) is 42.9. The van der Waals surface area contributed by atoms with Gasteiger partial charge in [0.25, 0.3) is 0 Å². The molecule has 1 N–H and O–H groups in total. The van der Waals surface area contributed by atoms with E-state index in [1.165, 1.54) is 21.0 Å². The molecule has 2 saturated heterocycles. The highest BCUT2D eigenvalue weighted by molar-refractivity contribution is 7.87. The van der Waals surface area contributed by atoms with Crippen molar-refractivity contribution in [1.82, 2.24) is 0 Å². The van der Waals surface area contributed by atoms with Crippen LogP contribution in [0.4, 0.5) is 13.2 Å². The molecule has 0 aromatic heterocycles. The van der Waals surface area contributed by atoms with E-state index in [0.717, 1.165) is 0 Å². The maximum absolute atomic E-state index is 12.6. The molecule has 0 aliphatic carbocycles. The second-order valence-corrected chi connectivity index (χ2v) is 7.84. The summed E-state index contributed by atoms with van der Waals surface area (Å²) in [5, 5.41) is 9.65. The maximum Gasteiger partial charge on any atom is 0.523 e. The Morgan fingerprint density at radius 1 is 1.24 bits per heavy atom. The van der Waals surface area contributed by atoms with Gasteiger partial charge >= 0.3 is 15.6 Å². The van der Waals surface area contributed by atoms with Gasteiger partial charge in [-0.05, 0) is 20.8 Å². The van der Waals surface area contributed by atoms with Crippen molar-refractivity contribution in [2.45, 2.75) is 62.1 Å². The van der Waals surface area contributed by atoms with E-state index in [-0.39, 0.29) is 0 Å². The molecule has 2 aliphatic heterocycles. The van der Waals surface area contributed by atoms with Gasteiger partial charge in [0.05, 0.1) is 19.3 Å². The van der Waals surface area contributed by atoms with Crippen molar-refractivity contribution in [2.75, 3.05) is 20.3 Å². The maximum atomic E-state index is 12.6. The van der Waals surface area contributed by atoms with Crippen LogP contribution in [-0.2, 0) is 33.2 Å². The first kappa shape index (κ1) is 20.8. The smallest absolute Gasteiger partial charge is 0.393 e. The molecule has 0 spiro atoms. The largest absolute Gasteiger partial charge is 0.523 e. The third-order valence-electron chi connectivity index (χ3n) is 4.62. The molecule has 0 aromatic carbocycles. The molecule has 8 nitrogen and oxygen atoms in total. The fourth-order valence-electron chi connectivity index (χ4n) is 2.76. The number of ether oxygens (including phenoxy) is 4. The van der Waals surface area contributed by atoms with E-state index in [1.54, 1.807) is 6.92 Å². The quantitative estimate of drug-likeness (QED) is 0.545. The second kappa shape index (κ2) is 6.59. The van der Waals surface area contributed by atoms with Crippen LogP contribution in [-0.4, -0.2) is 75.2 Å². The summed E-state index contributed by atoms with van der Waals surface area (Å²) in [5.41, 5.74) is -6.93. The van der Waals surface area contributed by atoms with Crippen LogP contribution in [0.15, 0.2) is 0 Å². The highest BCUT2D eigenvalue weighted by atomic mass is 32.2. The van der Waals surface area contributed by atoms with Gasteiger partial charge in [0.15, 0.2) is 5.79 Å². The van der Waals surface area contributed by atoms with Crippen LogP contribution in [0.5, 0.6) is 0 Å². The molecule has 2 rings (SSSR count). The van der Waals surface area contributed by atoms with Crippen LogP contribution in [0.3, 0.4) is 0 Å². The number of methoxy groups -OCH3 is 1. The van der Waals surface area contributed by atoms with Gasteiger partial charge in [0.2, 0.25) is 0 Å². The SMILES string of the molecule is CO[C@@]1(C)O[C@H]2[C@H](O[C@]1(C)CO)[C@H](C)OC[C@H]2OS(=O)(=O)C(F)(F)F. The monoisotopic (exact) mass is 394 g/mol. The molecular weight excluding hydrogens is 373 g/mol. The topological polar surface area (TPSA) is 101 Å². The summed E-state index contributed by atoms with van der Waals surface area (Å²) < 4.78 is 86.8. The van der Waals surface area contributed by atoms with E-state index in [2.05, 4.69) is 4.18 Å². The number of aliphatic hydroxyl groups excluding tert-OH is 1. The van der Waals surface area contributed by atoms with Crippen LogP contribution in [0.25, 0.3) is 0 Å². The zero-order chi connectivity index (χ0) is 19.3. The number of hydrogen-bond donors (Lipinski definition) is 1. The molecule has 0 amide bonds. The molecule has 0 radical (unpaired) electrons. The fraction of sp³-hybridized carbons (Fsp3) is 1.00. The lowest BCUT2D eigenvalue weighted by Crippen LogP contribution is -2.71. The molecule has 0 aromatic rings. The highest BCUT2D eigenvalue weighted by Gasteiger charge is 2.61. The fourth-order valence-corrected chi connectivity index (χ4v) is 3.36. The molecule has 2 aliphatic rings. The minimum absolute atomic E-state index is 0.448. The molecule has 12 heteroatoms. The molecule has 2 heterocycles. The molecule has 0 unspecified atom stereocenters. The number of rotatable bonds is 4. The molecule has 6 atom stereocenters. The van der Waals surface area contributed by atoms with Crippen molar-refractivity contribution < 1.29 is 49.8 Å². The summed E-state index contributed by atoms with van der Waals surface area (Å²) in [4.78, 5) is 0. The number of fused-ring (bicyclic) bond motifs is 1. The minimum atomic E-state index is -5.85. The minimum Gasteiger partial charge on any atom is -0.393 e. The molecule has 148 valence electrons. The zero-order valence-electron chi connectivity index (χ0n) is 14.1. The Bertz CT molecular complexity index is 597. The van der Waals surface area contributed by atoms with E-state index in [1.807, 2.05) is 0 Å². The molecule has 0 bridgehead atoms. The standard InChI is InChI=1S/C13H21F3O8S/c1-7-9-10(23-12(3,20-4)11(2,6-17)22-9)8(5-21-7)24-25(18,19)13(14,15)16/h7-10,17H,5-6H2,1-4H3/t7-,8+,9+,10+,11+,12-/m0/s1. The second-order valence-electron chi connectivity index (χ2n) is 6.28. The number of hydrogen-bond acceptors (Lipinski definition) is 8. The Morgan fingerprint density at radius 3 is 2.32 bits per heavy atom. The predicted molar refractivity (Wildman–Crippen MR) is 75.9 cm³/mol. The Balaban J connectivity index is 2.33. The van der Waals surface area contributed by atoms with Crippen molar-refractivity contribution >= 4 is 10.1 Å². The lowest BCUT2D eigenvalue weighted by Gasteiger charge is -2.56. The van der Waals surface area contributed by atoms with Gasteiger partial charge in [0.1, 0.15) is 23.9 Å². The predicted octanol–water partition coefficient (Wildman–Crippen LogP) is 0.538. The van der Waals surface area contributed by atoms with Crippen LogP contribution in [0.1, 0.15) is 20.8 Å². The number of halogens is 3. The first-order valence-corrected chi connectivity index (χ1v) is 8.84.